The van der Waals surface area contributed by atoms with Crippen LogP contribution in [-0.2, 0) is 31.8 Å². The molecule has 0 saturated heterocycles. The first-order valence-corrected chi connectivity index (χ1v) is 8.85. The van der Waals surface area contributed by atoms with Gasteiger partial charge in [0.2, 0.25) is 0 Å². The van der Waals surface area contributed by atoms with E-state index in [1.54, 1.807) is 19.1 Å². The van der Waals surface area contributed by atoms with Crippen LogP contribution >= 0.6 is 0 Å². The van der Waals surface area contributed by atoms with E-state index in [0.29, 0.717) is 5.56 Å². The molecule has 3 rings (SSSR count). The van der Waals surface area contributed by atoms with E-state index in [1.807, 2.05) is 0 Å². The number of rotatable bonds is 3. The summed E-state index contributed by atoms with van der Waals surface area (Å²) >= 11 is 0. The van der Waals surface area contributed by atoms with Gasteiger partial charge in [-0.25, -0.2) is 0 Å². The Kier molecular flexibility index (Phi) is 4.61. The standard InChI is InChI=1S/C17H15F3O4S/c1-11-2-6-14(7-3-11)25(21,22)24-16-10-23-9-12-4-5-13(8-15(12)16)17(18,19)20/h2-8,16H,9-10H2,1H3. The maximum absolute atomic E-state index is 12.9. The van der Waals surface area contributed by atoms with Crippen molar-refractivity contribution >= 4 is 10.1 Å². The number of ether oxygens (including phenoxy) is 1. The van der Waals surface area contributed by atoms with Gasteiger partial charge >= 0.3 is 6.18 Å². The van der Waals surface area contributed by atoms with Crippen molar-refractivity contribution in [3.05, 3.63) is 64.7 Å². The molecule has 0 N–H and O–H groups in total. The van der Waals surface area contributed by atoms with E-state index < -0.39 is 28.0 Å². The predicted molar refractivity (Wildman–Crippen MR) is 83.3 cm³/mol. The normalized spacial score (nSPS) is 18.0. The fourth-order valence-electron chi connectivity index (χ4n) is 2.56. The third-order valence-electron chi connectivity index (χ3n) is 3.90. The Morgan fingerprint density at radius 2 is 1.80 bits per heavy atom. The molecule has 0 aliphatic carbocycles. The number of hydrogen-bond acceptors (Lipinski definition) is 4. The van der Waals surface area contributed by atoms with Crippen LogP contribution in [0.25, 0.3) is 0 Å². The van der Waals surface area contributed by atoms with Crippen molar-refractivity contribution in [2.75, 3.05) is 6.61 Å². The first-order chi connectivity index (χ1) is 11.7. The Morgan fingerprint density at radius 1 is 1.12 bits per heavy atom. The second-order valence-corrected chi connectivity index (χ2v) is 7.35. The molecule has 0 spiro atoms. The molecule has 4 nitrogen and oxygen atoms in total. The maximum Gasteiger partial charge on any atom is 0.416 e. The van der Waals surface area contributed by atoms with Crippen LogP contribution < -0.4 is 0 Å². The van der Waals surface area contributed by atoms with Gasteiger partial charge in [-0.05, 0) is 42.3 Å². The molecule has 0 saturated carbocycles. The molecule has 1 heterocycles. The van der Waals surface area contributed by atoms with Crippen LogP contribution in [0.2, 0.25) is 0 Å². The summed E-state index contributed by atoms with van der Waals surface area (Å²) in [5.74, 6) is 0. The van der Waals surface area contributed by atoms with Crippen LogP contribution in [-0.4, -0.2) is 15.0 Å². The lowest BCUT2D eigenvalue weighted by Gasteiger charge is -2.26. The van der Waals surface area contributed by atoms with Crippen molar-refractivity contribution in [1.82, 2.24) is 0 Å². The number of aryl methyl sites for hydroxylation is 1. The van der Waals surface area contributed by atoms with E-state index >= 15 is 0 Å². The number of benzene rings is 2. The molecular weight excluding hydrogens is 357 g/mol. The van der Waals surface area contributed by atoms with Crippen LogP contribution in [0, 0.1) is 6.92 Å². The smallest absolute Gasteiger partial charge is 0.374 e. The summed E-state index contributed by atoms with van der Waals surface area (Å²) in [7, 11) is -4.13. The zero-order valence-electron chi connectivity index (χ0n) is 13.2. The average molecular weight is 372 g/mol. The predicted octanol–water partition coefficient (Wildman–Crippen LogP) is 3.99. The summed E-state index contributed by atoms with van der Waals surface area (Å²) in [6.07, 6.45) is -5.65. The fourth-order valence-corrected chi connectivity index (χ4v) is 3.61. The minimum atomic E-state index is -4.52. The lowest BCUT2D eigenvalue weighted by Crippen LogP contribution is -2.23. The Balaban J connectivity index is 1.94. The van der Waals surface area contributed by atoms with Gasteiger partial charge in [0.15, 0.2) is 0 Å². The third-order valence-corrected chi connectivity index (χ3v) is 5.23. The van der Waals surface area contributed by atoms with Crippen molar-refractivity contribution in [3.63, 3.8) is 0 Å². The molecule has 1 aliphatic heterocycles. The highest BCUT2D eigenvalue weighted by molar-refractivity contribution is 7.86. The Bertz CT molecular complexity index is 874. The average Bonchev–Trinajstić information content (AvgIpc) is 2.54. The van der Waals surface area contributed by atoms with E-state index in [0.717, 1.165) is 17.7 Å². The molecule has 2 aromatic carbocycles. The van der Waals surface area contributed by atoms with Gasteiger partial charge in [-0.2, -0.15) is 21.6 Å². The molecule has 2 aromatic rings. The molecule has 8 heteroatoms. The summed E-state index contributed by atoms with van der Waals surface area (Å²) in [4.78, 5) is -0.0581. The van der Waals surface area contributed by atoms with Gasteiger partial charge in [0.05, 0.1) is 23.7 Å². The minimum absolute atomic E-state index is 0.0581. The van der Waals surface area contributed by atoms with Crippen molar-refractivity contribution in [2.24, 2.45) is 0 Å². The third kappa shape index (κ3) is 3.86. The van der Waals surface area contributed by atoms with Crippen molar-refractivity contribution in [1.29, 1.82) is 0 Å². The fraction of sp³-hybridized carbons (Fsp3) is 0.294. The molecule has 1 atom stereocenters. The number of alkyl halides is 3. The van der Waals surface area contributed by atoms with E-state index in [4.69, 9.17) is 8.92 Å². The van der Waals surface area contributed by atoms with Gasteiger partial charge in [-0.1, -0.05) is 23.8 Å². The van der Waals surface area contributed by atoms with E-state index in [-0.39, 0.29) is 23.7 Å². The Hall–Kier alpha value is -1.90. The van der Waals surface area contributed by atoms with Crippen LogP contribution in [0.1, 0.15) is 28.4 Å². The highest BCUT2D eigenvalue weighted by Crippen LogP contribution is 2.36. The van der Waals surface area contributed by atoms with Gasteiger partial charge in [0.25, 0.3) is 10.1 Å². The van der Waals surface area contributed by atoms with Crippen LogP contribution in [0.4, 0.5) is 13.2 Å². The highest BCUT2D eigenvalue weighted by atomic mass is 32.2. The summed E-state index contributed by atoms with van der Waals surface area (Å²) in [6, 6.07) is 9.16. The molecule has 25 heavy (non-hydrogen) atoms. The molecule has 0 bridgehead atoms. The number of hydrogen-bond donors (Lipinski definition) is 0. The summed E-state index contributed by atoms with van der Waals surface area (Å²) in [5, 5.41) is 0. The van der Waals surface area contributed by atoms with Crippen molar-refractivity contribution < 1.29 is 30.5 Å². The Labute approximate surface area is 143 Å². The lowest BCUT2D eigenvalue weighted by molar-refractivity contribution is -0.137. The first kappa shape index (κ1) is 17.9. The molecule has 1 aliphatic rings. The second-order valence-electron chi connectivity index (χ2n) is 5.78. The quantitative estimate of drug-likeness (QED) is 0.765. The van der Waals surface area contributed by atoms with Gasteiger partial charge in [0, 0.05) is 0 Å². The monoisotopic (exact) mass is 372 g/mol. The molecule has 0 aromatic heterocycles. The Morgan fingerprint density at radius 3 is 2.44 bits per heavy atom. The SMILES string of the molecule is Cc1ccc(S(=O)(=O)OC2COCc3ccc(C(F)(F)F)cc32)cc1. The van der Waals surface area contributed by atoms with Gasteiger partial charge in [-0.15, -0.1) is 0 Å². The molecule has 134 valence electrons. The van der Waals surface area contributed by atoms with Gasteiger partial charge in [0.1, 0.15) is 6.10 Å². The van der Waals surface area contributed by atoms with Gasteiger partial charge in [-0.3, -0.25) is 4.18 Å². The largest absolute Gasteiger partial charge is 0.416 e. The zero-order chi connectivity index (χ0) is 18.2. The van der Waals surface area contributed by atoms with Crippen LogP contribution in [0.3, 0.4) is 0 Å². The highest BCUT2D eigenvalue weighted by Gasteiger charge is 2.34. The molecule has 1 unspecified atom stereocenters. The molecule has 0 radical (unpaired) electrons. The maximum atomic E-state index is 12.9. The molecular formula is C17H15F3O4S. The lowest BCUT2D eigenvalue weighted by atomic mass is 9.98. The summed E-state index contributed by atoms with van der Waals surface area (Å²) in [5.41, 5.74) is 0.676. The van der Waals surface area contributed by atoms with E-state index in [9.17, 15) is 21.6 Å². The summed E-state index contributed by atoms with van der Waals surface area (Å²) < 4.78 is 74.1. The van der Waals surface area contributed by atoms with Gasteiger partial charge < -0.3 is 4.74 Å². The van der Waals surface area contributed by atoms with Crippen LogP contribution in [0.5, 0.6) is 0 Å². The minimum Gasteiger partial charge on any atom is -0.374 e. The summed E-state index contributed by atoms with van der Waals surface area (Å²) in [6.45, 7) is 1.78. The molecule has 0 amide bonds. The van der Waals surface area contributed by atoms with E-state index in [1.165, 1.54) is 18.2 Å². The number of halogens is 3. The second kappa shape index (κ2) is 6.44. The van der Waals surface area contributed by atoms with E-state index in [2.05, 4.69) is 0 Å². The topological polar surface area (TPSA) is 52.6 Å². The van der Waals surface area contributed by atoms with Crippen molar-refractivity contribution in [2.45, 2.75) is 30.7 Å². The van der Waals surface area contributed by atoms with Crippen molar-refractivity contribution in [3.8, 4) is 0 Å². The first-order valence-electron chi connectivity index (χ1n) is 7.44. The zero-order valence-corrected chi connectivity index (χ0v) is 14.0. The van der Waals surface area contributed by atoms with Crippen LogP contribution in [0.15, 0.2) is 47.4 Å². The molecule has 0 fully saturated rings. The number of fused-ring (bicyclic) bond motifs is 1.